The molecule has 27 heavy (non-hydrogen) atoms. The number of ether oxygens (including phenoxy) is 1. The van der Waals surface area contributed by atoms with Gasteiger partial charge in [-0.15, -0.1) is 0 Å². The third-order valence-corrected chi connectivity index (χ3v) is 5.03. The molecule has 0 bridgehead atoms. The average molecular weight is 363 g/mol. The maximum Gasteiger partial charge on any atom is 0.256 e. The summed E-state index contributed by atoms with van der Waals surface area (Å²) < 4.78 is 5.70. The third kappa shape index (κ3) is 4.02. The quantitative estimate of drug-likeness (QED) is 0.676. The first kappa shape index (κ1) is 19.1. The molecule has 0 spiro atoms. The van der Waals surface area contributed by atoms with Crippen molar-refractivity contribution in [3.05, 3.63) is 83.9 Å². The lowest BCUT2D eigenvalue weighted by atomic mass is 9.89. The largest absolute Gasteiger partial charge is 0.394 e. The van der Waals surface area contributed by atoms with Gasteiger partial charge in [-0.05, 0) is 29.7 Å². The zero-order chi connectivity index (χ0) is 19.3. The molecule has 3 rings (SSSR count). The van der Waals surface area contributed by atoms with Gasteiger partial charge in [-0.3, -0.25) is 4.79 Å². The van der Waals surface area contributed by atoms with E-state index in [-0.39, 0.29) is 18.6 Å². The second-order valence-electron chi connectivity index (χ2n) is 6.81. The number of aliphatic hydroxyl groups is 1. The zero-order valence-electron chi connectivity index (χ0n) is 15.7. The molecule has 0 aliphatic carbocycles. The zero-order valence-corrected chi connectivity index (χ0v) is 15.7. The fourth-order valence-corrected chi connectivity index (χ4v) is 3.35. The molecule has 1 unspecified atom stereocenters. The van der Waals surface area contributed by atoms with Crippen LogP contribution < -0.4 is 5.32 Å². The lowest BCUT2D eigenvalue weighted by Gasteiger charge is -2.30. The summed E-state index contributed by atoms with van der Waals surface area (Å²) in [6.07, 6.45) is 0.554. The number of carbonyl (C=O) groups excluding carboxylic acids is 1. The fourth-order valence-electron chi connectivity index (χ4n) is 3.35. The molecule has 0 aliphatic rings. The van der Waals surface area contributed by atoms with Gasteiger partial charge in [0.05, 0.1) is 12.6 Å². The summed E-state index contributed by atoms with van der Waals surface area (Å²) >= 11 is 0. The Kier molecular flexibility index (Phi) is 5.89. The lowest BCUT2D eigenvalue weighted by Crippen LogP contribution is -2.49. The van der Waals surface area contributed by atoms with E-state index in [1.165, 1.54) is 7.11 Å². The molecule has 4 nitrogen and oxygen atoms in total. The van der Waals surface area contributed by atoms with Crippen molar-refractivity contribution in [1.82, 2.24) is 5.32 Å². The van der Waals surface area contributed by atoms with Gasteiger partial charge in [0.15, 0.2) is 5.60 Å². The minimum Gasteiger partial charge on any atom is -0.394 e. The molecule has 0 radical (unpaired) electrons. The summed E-state index contributed by atoms with van der Waals surface area (Å²) in [6, 6.07) is 23.2. The van der Waals surface area contributed by atoms with E-state index in [4.69, 9.17) is 4.74 Å². The van der Waals surface area contributed by atoms with E-state index < -0.39 is 5.60 Å². The van der Waals surface area contributed by atoms with E-state index in [0.717, 1.165) is 21.9 Å². The number of carbonyl (C=O) groups is 1. The fraction of sp³-hybridized carbons (Fsp3) is 0.261. The van der Waals surface area contributed by atoms with E-state index in [1.54, 1.807) is 6.92 Å². The minimum atomic E-state index is -1.16. The normalized spacial score (nSPS) is 14.5. The number of hydrogen-bond acceptors (Lipinski definition) is 3. The highest BCUT2D eigenvalue weighted by atomic mass is 16.5. The van der Waals surface area contributed by atoms with Gasteiger partial charge in [-0.25, -0.2) is 0 Å². The molecular weight excluding hydrogens is 338 g/mol. The predicted molar refractivity (Wildman–Crippen MR) is 107 cm³/mol. The molecule has 0 aromatic heterocycles. The summed E-state index contributed by atoms with van der Waals surface area (Å²) in [5, 5.41) is 14.7. The highest BCUT2D eigenvalue weighted by molar-refractivity contribution is 5.94. The molecule has 0 heterocycles. The molecule has 1 amide bonds. The van der Waals surface area contributed by atoms with Crippen LogP contribution in [0.4, 0.5) is 0 Å². The number of hydrogen-bond donors (Lipinski definition) is 2. The van der Waals surface area contributed by atoms with E-state index in [2.05, 4.69) is 5.32 Å². The van der Waals surface area contributed by atoms with Crippen molar-refractivity contribution in [3.8, 4) is 0 Å². The van der Waals surface area contributed by atoms with Crippen molar-refractivity contribution >= 4 is 16.7 Å². The monoisotopic (exact) mass is 363 g/mol. The van der Waals surface area contributed by atoms with Crippen LogP contribution in [0.5, 0.6) is 0 Å². The Morgan fingerprint density at radius 1 is 1.04 bits per heavy atom. The van der Waals surface area contributed by atoms with Gasteiger partial charge >= 0.3 is 0 Å². The summed E-state index contributed by atoms with van der Waals surface area (Å²) in [6.45, 7) is 1.62. The van der Waals surface area contributed by atoms with Gasteiger partial charge in [0.25, 0.3) is 5.91 Å². The lowest BCUT2D eigenvalue weighted by molar-refractivity contribution is -0.143. The third-order valence-electron chi connectivity index (χ3n) is 5.03. The van der Waals surface area contributed by atoms with Crippen molar-refractivity contribution in [2.45, 2.75) is 25.0 Å². The van der Waals surface area contributed by atoms with Crippen molar-refractivity contribution in [2.24, 2.45) is 0 Å². The molecule has 3 aromatic carbocycles. The summed E-state index contributed by atoms with van der Waals surface area (Å²) in [5.74, 6) is -0.267. The van der Waals surface area contributed by atoms with Crippen molar-refractivity contribution in [2.75, 3.05) is 13.7 Å². The average Bonchev–Trinajstić information content (AvgIpc) is 2.72. The number of benzene rings is 3. The highest BCUT2D eigenvalue weighted by Gasteiger charge is 2.37. The number of methoxy groups -OCH3 is 1. The molecule has 4 heteroatoms. The Balaban J connectivity index is 1.87. The first-order valence-electron chi connectivity index (χ1n) is 9.07. The molecule has 3 aromatic rings. The van der Waals surface area contributed by atoms with Gasteiger partial charge in [0.1, 0.15) is 0 Å². The van der Waals surface area contributed by atoms with E-state index in [9.17, 15) is 9.90 Å². The van der Waals surface area contributed by atoms with Gasteiger partial charge in [0, 0.05) is 12.7 Å². The Morgan fingerprint density at radius 2 is 1.70 bits per heavy atom. The molecule has 2 N–H and O–H groups in total. The van der Waals surface area contributed by atoms with Crippen molar-refractivity contribution < 1.29 is 14.6 Å². The molecule has 140 valence electrons. The van der Waals surface area contributed by atoms with E-state index in [0.29, 0.717) is 6.42 Å². The number of amides is 1. The number of fused-ring (bicyclic) bond motifs is 1. The van der Waals surface area contributed by atoms with Crippen LogP contribution in [-0.4, -0.2) is 30.8 Å². The Labute approximate surface area is 159 Å². The second-order valence-corrected chi connectivity index (χ2v) is 6.81. The van der Waals surface area contributed by atoms with Crippen LogP contribution in [-0.2, 0) is 21.6 Å². The van der Waals surface area contributed by atoms with Crippen LogP contribution in [0.3, 0.4) is 0 Å². The van der Waals surface area contributed by atoms with Crippen LogP contribution >= 0.6 is 0 Å². The number of rotatable bonds is 7. The summed E-state index contributed by atoms with van der Waals surface area (Å²) in [5.41, 5.74) is 0.698. The number of nitrogens with one attached hydrogen (secondary N) is 1. The van der Waals surface area contributed by atoms with Gasteiger partial charge in [-0.2, -0.15) is 0 Å². The van der Waals surface area contributed by atoms with Crippen molar-refractivity contribution in [3.63, 3.8) is 0 Å². The maximum atomic E-state index is 13.2. The second kappa shape index (κ2) is 8.33. The summed E-state index contributed by atoms with van der Waals surface area (Å²) in [7, 11) is 1.53. The van der Waals surface area contributed by atoms with Crippen molar-refractivity contribution in [1.29, 1.82) is 0 Å². The molecule has 0 fully saturated rings. The van der Waals surface area contributed by atoms with Crippen LogP contribution in [0.25, 0.3) is 10.8 Å². The van der Waals surface area contributed by atoms with E-state index in [1.807, 2.05) is 72.8 Å². The molecular formula is C23H25NO3. The molecule has 2 atom stereocenters. The topological polar surface area (TPSA) is 58.6 Å². The first-order chi connectivity index (χ1) is 13.1. The smallest absolute Gasteiger partial charge is 0.256 e. The molecule has 0 aliphatic heterocycles. The van der Waals surface area contributed by atoms with Crippen LogP contribution in [0, 0.1) is 0 Å². The van der Waals surface area contributed by atoms with Gasteiger partial charge < -0.3 is 15.2 Å². The standard InChI is InChI=1S/C23H25NO3/c1-23(27-2,21-14-8-12-18-11-6-7-13-20(18)21)22(26)24-19(16-25)15-17-9-4-3-5-10-17/h3-14,19,25H,15-16H2,1-2H3,(H,24,26)/t19-,23?/m0/s1. The van der Waals surface area contributed by atoms with Crippen LogP contribution in [0.15, 0.2) is 72.8 Å². The van der Waals surface area contributed by atoms with Crippen LogP contribution in [0.2, 0.25) is 0 Å². The SMILES string of the molecule is COC(C)(C(=O)N[C@H](CO)Cc1ccccc1)c1cccc2ccccc12. The predicted octanol–water partition coefficient (Wildman–Crippen LogP) is 3.42. The van der Waals surface area contributed by atoms with Gasteiger partial charge in [0.2, 0.25) is 0 Å². The minimum absolute atomic E-state index is 0.143. The summed E-state index contributed by atoms with van der Waals surface area (Å²) in [4.78, 5) is 13.2. The highest BCUT2D eigenvalue weighted by Crippen LogP contribution is 2.31. The van der Waals surface area contributed by atoms with E-state index >= 15 is 0 Å². The molecule has 0 saturated heterocycles. The molecule has 0 saturated carbocycles. The Hall–Kier alpha value is -2.69. The van der Waals surface area contributed by atoms with Crippen LogP contribution in [0.1, 0.15) is 18.1 Å². The maximum absolute atomic E-state index is 13.2. The number of aliphatic hydroxyl groups excluding tert-OH is 1. The van der Waals surface area contributed by atoms with Gasteiger partial charge in [-0.1, -0.05) is 72.8 Å². The Morgan fingerprint density at radius 3 is 2.41 bits per heavy atom. The Bertz CT molecular complexity index is 904. The first-order valence-corrected chi connectivity index (χ1v) is 9.07.